The van der Waals surface area contributed by atoms with Gasteiger partial charge in [-0.05, 0) is 56.2 Å². The number of aryl methyl sites for hydroxylation is 3. The highest BCUT2D eigenvalue weighted by Crippen LogP contribution is 2.42. The maximum atomic E-state index is 14.2. The summed E-state index contributed by atoms with van der Waals surface area (Å²) in [7, 11) is 0. The maximum Gasteiger partial charge on any atom is 0.416 e. The summed E-state index contributed by atoms with van der Waals surface area (Å²) >= 11 is 0. The SMILES string of the molecule is Cc1cc(C)c(Oc2cncc[n+]2CC(=O)c2ccccc2)c(C)c1.FC(F)(F)c1cc([B-](c2cc(C(F)(F)F)cc(C(F)(F)F)c2)(c2cc(C(F)(F)F)cc(C(F)(F)F)c2)c2cc(C(F)(F)F)cc(C(F)(F)F)c2)cc(C(F)(F)F)c1. The molecule has 0 amide bonds. The van der Waals surface area contributed by atoms with Crippen molar-refractivity contribution >= 4 is 33.8 Å². The first-order valence-corrected chi connectivity index (χ1v) is 22.8. The summed E-state index contributed by atoms with van der Waals surface area (Å²) in [6.45, 7) is 6.30. The van der Waals surface area contributed by atoms with Crippen molar-refractivity contribution < 1.29 is 119 Å². The first kappa shape index (κ1) is 63.4. The second kappa shape index (κ2) is 22.2. The molecular formula is C53H33BF24N2O2. The van der Waals surface area contributed by atoms with E-state index >= 15 is 0 Å². The molecule has 0 unspecified atom stereocenters. The van der Waals surface area contributed by atoms with Crippen molar-refractivity contribution in [1.29, 1.82) is 0 Å². The average molecular weight is 1200 g/mol. The van der Waals surface area contributed by atoms with Gasteiger partial charge >= 0.3 is 55.3 Å². The molecule has 438 valence electrons. The molecule has 1 aromatic heterocycles. The minimum atomic E-state index is -6.13. The van der Waals surface area contributed by atoms with Gasteiger partial charge in [0.2, 0.25) is 12.3 Å². The molecular weight excluding hydrogens is 1160 g/mol. The molecule has 0 aliphatic carbocycles. The summed E-state index contributed by atoms with van der Waals surface area (Å²) in [5, 5.41) is 0. The Kier molecular flexibility index (Phi) is 17.2. The van der Waals surface area contributed by atoms with Crippen LogP contribution in [-0.4, -0.2) is 16.9 Å². The van der Waals surface area contributed by atoms with E-state index in [0.29, 0.717) is 11.4 Å². The lowest BCUT2D eigenvalue weighted by Gasteiger charge is -2.46. The summed E-state index contributed by atoms with van der Waals surface area (Å²) in [5.74, 6) is 1.38. The van der Waals surface area contributed by atoms with E-state index < -0.39 is 195 Å². The number of ether oxygens (including phenoxy) is 1. The monoisotopic (exact) mass is 1200 g/mol. The largest absolute Gasteiger partial charge is 0.416 e. The fourth-order valence-electron chi connectivity index (χ4n) is 8.96. The predicted molar refractivity (Wildman–Crippen MR) is 246 cm³/mol. The smallest absolute Gasteiger partial charge is 0.403 e. The van der Waals surface area contributed by atoms with E-state index in [2.05, 4.69) is 24.0 Å². The zero-order valence-electron chi connectivity index (χ0n) is 41.3. The van der Waals surface area contributed by atoms with Gasteiger partial charge in [-0.1, -0.05) is 96.6 Å². The average Bonchev–Trinajstić information content (AvgIpc) is 3.47. The first-order chi connectivity index (χ1) is 37.3. The van der Waals surface area contributed by atoms with Gasteiger partial charge in [-0.25, -0.2) is 4.98 Å². The Morgan fingerprint density at radius 3 is 0.976 bits per heavy atom. The van der Waals surface area contributed by atoms with E-state index in [9.17, 15) is 110 Å². The van der Waals surface area contributed by atoms with Crippen molar-refractivity contribution in [3.05, 3.63) is 201 Å². The van der Waals surface area contributed by atoms with Crippen LogP contribution in [-0.2, 0) is 56.0 Å². The lowest BCUT2D eigenvalue weighted by molar-refractivity contribution is -0.687. The molecule has 1 heterocycles. The van der Waals surface area contributed by atoms with Crippen LogP contribution in [0.1, 0.15) is 71.6 Å². The molecule has 6 aromatic carbocycles. The fourth-order valence-corrected chi connectivity index (χ4v) is 8.96. The topological polar surface area (TPSA) is 43.1 Å². The number of benzene rings is 6. The Labute approximate surface area is 446 Å². The van der Waals surface area contributed by atoms with Crippen molar-refractivity contribution in [3.8, 4) is 11.6 Å². The standard InChI is InChI=1S/C32H12BF24.C21H21N2O2/c34-25(35,36)13-1-14(26(37,38)39)6-21(5-13)33(22-7-15(27(40,41)42)2-16(8-22)28(43,44)45,23-9-17(29(46,47)48)3-18(10-23)30(49,50)51)24-11-19(31(52,53)54)4-20(12-24)32(55,56)57;1-15-11-16(2)21(17(3)12-15)25-20-13-22-9-10-23(20)14-19(24)18-7-5-4-6-8-18/h1-12H;4-13H,14H2,1-3H3/q-1;+1. The lowest BCUT2D eigenvalue weighted by atomic mass is 9.12. The summed E-state index contributed by atoms with van der Waals surface area (Å²) in [5.41, 5.74) is -26.2. The van der Waals surface area contributed by atoms with Crippen LogP contribution in [0.3, 0.4) is 0 Å². The number of nitrogens with zero attached hydrogens (tertiary/aromatic N) is 2. The second-order valence-corrected chi connectivity index (χ2v) is 18.4. The van der Waals surface area contributed by atoms with Gasteiger partial charge in [0, 0.05) is 5.56 Å². The van der Waals surface area contributed by atoms with Gasteiger partial charge in [-0.2, -0.15) is 132 Å². The molecule has 0 fully saturated rings. The van der Waals surface area contributed by atoms with Crippen molar-refractivity contribution in [3.63, 3.8) is 0 Å². The number of hydrogen-bond acceptors (Lipinski definition) is 3. The highest BCUT2D eigenvalue weighted by atomic mass is 19.4. The van der Waals surface area contributed by atoms with E-state index in [-0.39, 0.29) is 12.3 Å². The van der Waals surface area contributed by atoms with Crippen LogP contribution >= 0.6 is 0 Å². The lowest BCUT2D eigenvalue weighted by Crippen LogP contribution is -2.75. The molecule has 4 nitrogen and oxygen atoms in total. The van der Waals surface area contributed by atoms with Gasteiger partial charge in [0.1, 0.15) is 18.1 Å². The molecule has 0 aliphatic heterocycles. The van der Waals surface area contributed by atoms with Crippen LogP contribution in [0, 0.1) is 20.8 Å². The van der Waals surface area contributed by atoms with E-state index in [1.165, 1.54) is 5.56 Å². The number of hydrogen-bond donors (Lipinski definition) is 0. The normalized spacial score (nSPS) is 13.2. The Morgan fingerprint density at radius 2 is 0.707 bits per heavy atom. The Balaban J connectivity index is 0.000000357. The molecule has 7 rings (SSSR count). The van der Waals surface area contributed by atoms with Gasteiger partial charge in [0.05, 0.1) is 50.7 Å². The number of Topliss-reactive ketones (excluding diaryl/α,β-unsaturated/α-hetero) is 1. The van der Waals surface area contributed by atoms with Gasteiger partial charge in [-0.3, -0.25) is 4.79 Å². The van der Waals surface area contributed by atoms with Crippen LogP contribution in [0.25, 0.3) is 0 Å². The number of alkyl halides is 24. The zero-order valence-corrected chi connectivity index (χ0v) is 41.3. The predicted octanol–water partition coefficient (Wildman–Crippen LogP) is 15.2. The van der Waals surface area contributed by atoms with Crippen LogP contribution in [0.2, 0.25) is 0 Å². The Morgan fingerprint density at radius 1 is 0.427 bits per heavy atom. The van der Waals surface area contributed by atoms with Gasteiger partial charge in [0.15, 0.2) is 6.20 Å². The van der Waals surface area contributed by atoms with Gasteiger partial charge in [-0.15, -0.1) is 0 Å². The molecule has 0 N–H and O–H groups in total. The fraction of sp³-hybridized carbons (Fsp3) is 0.226. The van der Waals surface area contributed by atoms with Crippen molar-refractivity contribution in [2.75, 3.05) is 0 Å². The molecule has 0 atom stereocenters. The molecule has 29 heteroatoms. The van der Waals surface area contributed by atoms with Crippen molar-refractivity contribution in [1.82, 2.24) is 4.98 Å². The third kappa shape index (κ3) is 14.5. The van der Waals surface area contributed by atoms with E-state index in [1.54, 1.807) is 23.2 Å². The summed E-state index contributed by atoms with van der Waals surface area (Å²) in [6, 6.07) is 4.61. The summed E-state index contributed by atoms with van der Waals surface area (Å²) in [6.07, 6.45) is -49.8. The summed E-state index contributed by atoms with van der Waals surface area (Å²) in [4.78, 5) is 16.6. The molecule has 0 radical (unpaired) electrons. The summed E-state index contributed by atoms with van der Waals surface area (Å²) < 4.78 is 349. The van der Waals surface area contributed by atoms with Crippen LogP contribution in [0.4, 0.5) is 105 Å². The molecule has 0 saturated heterocycles. The highest BCUT2D eigenvalue weighted by molar-refractivity contribution is 7.20. The van der Waals surface area contributed by atoms with E-state index in [1.807, 2.05) is 44.2 Å². The van der Waals surface area contributed by atoms with Crippen molar-refractivity contribution in [2.24, 2.45) is 0 Å². The van der Waals surface area contributed by atoms with Crippen LogP contribution in [0.15, 0.2) is 134 Å². The van der Waals surface area contributed by atoms with E-state index in [0.717, 1.165) is 16.9 Å². The Bertz CT molecular complexity index is 3020. The van der Waals surface area contributed by atoms with E-state index in [4.69, 9.17) is 4.74 Å². The number of carbonyl (C=O) groups is 1. The number of aromatic nitrogens is 2. The molecule has 7 aromatic rings. The molecule has 82 heavy (non-hydrogen) atoms. The number of halogens is 24. The molecule has 0 saturated carbocycles. The number of carbonyl (C=O) groups excluding carboxylic acids is 1. The minimum Gasteiger partial charge on any atom is -0.403 e. The minimum absolute atomic E-state index is 0.0269. The van der Waals surface area contributed by atoms with Gasteiger partial charge < -0.3 is 4.74 Å². The third-order valence-electron chi connectivity index (χ3n) is 12.5. The second-order valence-electron chi connectivity index (χ2n) is 18.4. The molecule has 0 aliphatic rings. The number of rotatable bonds is 9. The van der Waals surface area contributed by atoms with Crippen LogP contribution in [0.5, 0.6) is 11.6 Å². The molecule has 0 bridgehead atoms. The van der Waals surface area contributed by atoms with Crippen LogP contribution < -0.4 is 31.2 Å². The Hall–Kier alpha value is -7.75. The number of ketones is 1. The quantitative estimate of drug-likeness (QED) is 0.0626. The van der Waals surface area contributed by atoms with Gasteiger partial charge in [0.25, 0.3) is 0 Å². The third-order valence-corrected chi connectivity index (χ3v) is 12.5. The highest BCUT2D eigenvalue weighted by Gasteiger charge is 2.47. The maximum absolute atomic E-state index is 14.2. The van der Waals surface area contributed by atoms with Crippen molar-refractivity contribution in [2.45, 2.75) is 76.7 Å². The molecule has 0 spiro atoms. The first-order valence-electron chi connectivity index (χ1n) is 22.8. The zero-order chi connectivity index (χ0) is 61.7.